The molecule has 1 aliphatic heterocycles. The number of primary amides is 1. The van der Waals surface area contributed by atoms with Crippen LogP contribution in [-0.2, 0) is 0 Å². The van der Waals surface area contributed by atoms with Crippen LogP contribution in [0.4, 0.5) is 11.4 Å². The van der Waals surface area contributed by atoms with E-state index in [-0.39, 0.29) is 17.6 Å². The minimum absolute atomic E-state index is 0.0282. The van der Waals surface area contributed by atoms with Crippen molar-refractivity contribution in [2.24, 2.45) is 5.73 Å². The van der Waals surface area contributed by atoms with E-state index >= 15 is 0 Å². The molecule has 9 heteroatoms. The molecule has 2 aromatic carbocycles. The van der Waals surface area contributed by atoms with Crippen LogP contribution in [0.5, 0.6) is 0 Å². The van der Waals surface area contributed by atoms with Crippen molar-refractivity contribution < 1.29 is 9.59 Å². The van der Waals surface area contributed by atoms with E-state index in [1.165, 1.54) is 6.20 Å². The molecule has 0 aliphatic carbocycles. The van der Waals surface area contributed by atoms with Crippen molar-refractivity contribution >= 4 is 23.2 Å². The van der Waals surface area contributed by atoms with E-state index in [0.29, 0.717) is 24.2 Å². The lowest BCUT2D eigenvalue weighted by molar-refractivity contribution is 0.0498. The number of anilines is 2. The number of carbonyl (C=O) groups excluding carboxylic acids is 2. The number of hydrogen-bond acceptors (Lipinski definition) is 6. The Morgan fingerprint density at radius 2 is 1.90 bits per heavy atom. The zero-order valence-corrected chi connectivity index (χ0v) is 15.3. The summed E-state index contributed by atoms with van der Waals surface area (Å²) in [6.07, 6.45) is 1.50. The van der Waals surface area contributed by atoms with E-state index in [0.717, 1.165) is 11.4 Å². The number of hydrogen-bond donors (Lipinski definition) is 2. The van der Waals surface area contributed by atoms with Crippen molar-refractivity contribution in [2.45, 2.75) is 6.04 Å². The number of aromatic nitrogens is 3. The molecule has 144 valence electrons. The molecule has 0 spiro atoms. The van der Waals surface area contributed by atoms with Crippen LogP contribution in [0.25, 0.3) is 0 Å². The maximum absolute atomic E-state index is 12.7. The van der Waals surface area contributed by atoms with Crippen molar-refractivity contribution in [3.05, 3.63) is 71.5 Å². The molecule has 2 amide bonds. The third-order valence-electron chi connectivity index (χ3n) is 4.70. The average Bonchev–Trinajstić information content (AvgIpc) is 3.17. The lowest BCUT2D eigenvalue weighted by atomic mass is 10.1. The van der Waals surface area contributed by atoms with Gasteiger partial charge in [0.1, 0.15) is 0 Å². The smallest absolute Gasteiger partial charge is 0.270 e. The Labute approximate surface area is 166 Å². The summed E-state index contributed by atoms with van der Waals surface area (Å²) in [5.41, 5.74) is 8.05. The predicted molar refractivity (Wildman–Crippen MR) is 104 cm³/mol. The molecule has 1 fully saturated rings. The standard InChI is InChI=1S/C20H17N7O2/c21-9-13-4-6-15(7-5-13)23-16-3-1-2-14(8-16)20(29)26-10-17(11-26)27-12-18(19(22)28)24-25-27/h1-8,12,17,23H,10-11H2,(H2,22,28). The summed E-state index contributed by atoms with van der Waals surface area (Å²) in [6, 6.07) is 16.4. The second-order valence-electron chi connectivity index (χ2n) is 6.71. The first-order chi connectivity index (χ1) is 14.0. The summed E-state index contributed by atoms with van der Waals surface area (Å²) in [4.78, 5) is 25.6. The fourth-order valence-electron chi connectivity index (χ4n) is 3.06. The third-order valence-corrected chi connectivity index (χ3v) is 4.70. The first-order valence-electron chi connectivity index (χ1n) is 8.91. The minimum Gasteiger partial charge on any atom is -0.364 e. The molecule has 3 N–H and O–H groups in total. The van der Waals surface area contributed by atoms with E-state index in [9.17, 15) is 9.59 Å². The van der Waals surface area contributed by atoms with Gasteiger partial charge in [0, 0.05) is 30.0 Å². The van der Waals surface area contributed by atoms with E-state index in [2.05, 4.69) is 21.7 Å². The Kier molecular flexibility index (Phi) is 4.66. The molecule has 1 aromatic heterocycles. The number of nitrogens with zero attached hydrogens (tertiary/aromatic N) is 5. The molecule has 3 aromatic rings. The highest BCUT2D eigenvalue weighted by atomic mass is 16.2. The number of benzene rings is 2. The van der Waals surface area contributed by atoms with Gasteiger partial charge < -0.3 is 16.0 Å². The zero-order chi connectivity index (χ0) is 20.4. The number of carbonyl (C=O) groups is 2. The molecule has 9 nitrogen and oxygen atoms in total. The second kappa shape index (κ2) is 7.44. The van der Waals surface area contributed by atoms with Gasteiger partial charge >= 0.3 is 0 Å². The lowest BCUT2D eigenvalue weighted by Gasteiger charge is -2.38. The van der Waals surface area contributed by atoms with Crippen LogP contribution in [0, 0.1) is 11.3 Å². The molecular weight excluding hydrogens is 370 g/mol. The summed E-state index contributed by atoms with van der Waals surface area (Å²) in [7, 11) is 0. The Bertz CT molecular complexity index is 1110. The molecule has 0 bridgehead atoms. The highest BCUT2D eigenvalue weighted by Crippen LogP contribution is 2.24. The Hall–Kier alpha value is -4.19. The summed E-state index contributed by atoms with van der Waals surface area (Å²) in [6.45, 7) is 0.960. The molecule has 1 aliphatic rings. The van der Waals surface area contributed by atoms with Crippen LogP contribution >= 0.6 is 0 Å². The Balaban J connectivity index is 1.40. The molecule has 0 atom stereocenters. The van der Waals surface area contributed by atoms with Crippen molar-refractivity contribution in [3.63, 3.8) is 0 Å². The van der Waals surface area contributed by atoms with Gasteiger partial charge in [-0.05, 0) is 42.5 Å². The van der Waals surface area contributed by atoms with Gasteiger partial charge in [-0.1, -0.05) is 11.3 Å². The molecule has 0 unspecified atom stereocenters. The number of nitrogens with two attached hydrogens (primary N) is 1. The summed E-state index contributed by atoms with van der Waals surface area (Å²) in [5, 5.41) is 19.7. The first-order valence-corrected chi connectivity index (χ1v) is 8.91. The van der Waals surface area contributed by atoms with Gasteiger partial charge in [-0.2, -0.15) is 5.26 Å². The maximum Gasteiger partial charge on any atom is 0.270 e. The van der Waals surface area contributed by atoms with Gasteiger partial charge in [0.2, 0.25) is 0 Å². The number of likely N-dealkylation sites (tertiary alicyclic amines) is 1. The van der Waals surface area contributed by atoms with E-state index in [1.54, 1.807) is 33.8 Å². The van der Waals surface area contributed by atoms with Crippen LogP contribution in [0.2, 0.25) is 0 Å². The first kappa shape index (κ1) is 18.2. The van der Waals surface area contributed by atoms with Gasteiger partial charge in [0.05, 0.1) is 23.9 Å². The molecule has 29 heavy (non-hydrogen) atoms. The Morgan fingerprint density at radius 3 is 2.55 bits per heavy atom. The average molecular weight is 387 g/mol. The van der Waals surface area contributed by atoms with Crippen LogP contribution in [0.15, 0.2) is 54.7 Å². The molecule has 1 saturated heterocycles. The summed E-state index contributed by atoms with van der Waals surface area (Å²) < 4.78 is 1.56. The lowest BCUT2D eigenvalue weighted by Crippen LogP contribution is -2.50. The van der Waals surface area contributed by atoms with Crippen LogP contribution in [0.1, 0.15) is 32.5 Å². The van der Waals surface area contributed by atoms with Gasteiger partial charge in [-0.3, -0.25) is 9.59 Å². The third kappa shape index (κ3) is 3.77. The highest BCUT2D eigenvalue weighted by molar-refractivity contribution is 5.96. The van der Waals surface area contributed by atoms with Crippen molar-refractivity contribution in [2.75, 3.05) is 18.4 Å². The normalized spacial score (nSPS) is 13.4. The largest absolute Gasteiger partial charge is 0.364 e. The van der Waals surface area contributed by atoms with Crippen molar-refractivity contribution in [3.8, 4) is 6.07 Å². The zero-order valence-electron chi connectivity index (χ0n) is 15.3. The molecule has 0 saturated carbocycles. The van der Waals surface area contributed by atoms with Crippen molar-refractivity contribution in [1.29, 1.82) is 5.26 Å². The van der Waals surface area contributed by atoms with Crippen LogP contribution in [0.3, 0.4) is 0 Å². The fraction of sp³-hybridized carbons (Fsp3) is 0.150. The molecule has 2 heterocycles. The number of rotatable bonds is 5. The molecular formula is C20H17N7O2. The number of amides is 2. The van der Waals surface area contributed by atoms with Crippen molar-refractivity contribution in [1.82, 2.24) is 19.9 Å². The van der Waals surface area contributed by atoms with Gasteiger partial charge in [0.15, 0.2) is 5.69 Å². The fourth-order valence-corrected chi connectivity index (χ4v) is 3.06. The predicted octanol–water partition coefficient (Wildman–Crippen LogP) is 1.69. The highest BCUT2D eigenvalue weighted by Gasteiger charge is 2.33. The quantitative estimate of drug-likeness (QED) is 0.685. The molecule has 4 rings (SSSR count). The molecule has 0 radical (unpaired) electrons. The number of nitriles is 1. The van der Waals surface area contributed by atoms with Gasteiger partial charge in [0.25, 0.3) is 11.8 Å². The summed E-state index contributed by atoms with van der Waals surface area (Å²) in [5.74, 6) is -0.713. The number of nitrogens with one attached hydrogen (secondary N) is 1. The summed E-state index contributed by atoms with van der Waals surface area (Å²) >= 11 is 0. The van der Waals surface area contributed by atoms with E-state index in [1.807, 2.05) is 24.3 Å². The van der Waals surface area contributed by atoms with E-state index < -0.39 is 5.91 Å². The van der Waals surface area contributed by atoms with Gasteiger partial charge in [-0.25, -0.2) is 4.68 Å². The minimum atomic E-state index is -0.630. The second-order valence-corrected chi connectivity index (χ2v) is 6.71. The van der Waals surface area contributed by atoms with Crippen LogP contribution < -0.4 is 11.1 Å². The topological polar surface area (TPSA) is 130 Å². The maximum atomic E-state index is 12.7. The van der Waals surface area contributed by atoms with Crippen LogP contribution in [-0.4, -0.2) is 44.8 Å². The monoisotopic (exact) mass is 387 g/mol. The van der Waals surface area contributed by atoms with E-state index in [4.69, 9.17) is 11.0 Å². The van der Waals surface area contributed by atoms with Gasteiger partial charge in [-0.15, -0.1) is 5.10 Å². The SMILES string of the molecule is N#Cc1ccc(Nc2cccc(C(=O)N3CC(n4cc(C(N)=O)nn4)C3)c2)cc1. The Morgan fingerprint density at radius 1 is 1.14 bits per heavy atom.